The minimum Gasteiger partial charge on any atom is -0.465 e. The van der Waals surface area contributed by atoms with Crippen molar-refractivity contribution >= 4 is 29.8 Å². The molecule has 1 aliphatic rings. The molecule has 1 atom stereocenters. The lowest BCUT2D eigenvalue weighted by molar-refractivity contribution is -0.385. The maximum absolute atomic E-state index is 11.7. The molecule has 8 heteroatoms. The highest BCUT2D eigenvalue weighted by Crippen LogP contribution is 2.26. The molecule has 1 aromatic rings. The number of nitro groups is 1. The van der Waals surface area contributed by atoms with Crippen LogP contribution in [-0.2, 0) is 4.74 Å². The maximum Gasteiger partial charge on any atom is 0.344 e. The highest BCUT2D eigenvalue weighted by atomic mass is 35.5. The van der Waals surface area contributed by atoms with Gasteiger partial charge < -0.3 is 15.0 Å². The number of nitrogens with one attached hydrogen (secondary N) is 1. The fourth-order valence-corrected chi connectivity index (χ4v) is 2.32. The van der Waals surface area contributed by atoms with E-state index in [9.17, 15) is 14.9 Å². The Morgan fingerprint density at radius 3 is 2.81 bits per heavy atom. The normalized spacial score (nSPS) is 17.8. The first-order valence-electron chi connectivity index (χ1n) is 6.38. The van der Waals surface area contributed by atoms with E-state index in [0.717, 1.165) is 25.3 Å². The molecule has 7 nitrogen and oxygen atoms in total. The van der Waals surface area contributed by atoms with Crippen LogP contribution < -0.4 is 10.2 Å². The Morgan fingerprint density at radius 1 is 1.52 bits per heavy atom. The molecule has 0 aliphatic carbocycles. The van der Waals surface area contributed by atoms with Crippen LogP contribution in [0.2, 0.25) is 0 Å². The van der Waals surface area contributed by atoms with Gasteiger partial charge in [0.15, 0.2) is 0 Å². The second-order valence-electron chi connectivity index (χ2n) is 4.75. The lowest BCUT2D eigenvalue weighted by Crippen LogP contribution is -2.49. The van der Waals surface area contributed by atoms with Gasteiger partial charge in [0.1, 0.15) is 5.56 Å². The molecule has 1 heterocycles. The topological polar surface area (TPSA) is 84.7 Å². The van der Waals surface area contributed by atoms with Crippen LogP contribution in [0.3, 0.4) is 0 Å². The third kappa shape index (κ3) is 3.83. The van der Waals surface area contributed by atoms with Crippen molar-refractivity contribution in [3.05, 3.63) is 33.9 Å². The van der Waals surface area contributed by atoms with Crippen LogP contribution in [-0.4, -0.2) is 43.7 Å². The standard InChI is InChI=1S/C13H17N3O4.ClH/c1-9-8-15(6-5-14-9)10-3-4-12(16(18)19)11(7-10)13(17)20-2;/h3-4,7,9,14H,5-6,8H2,1-2H3;1H. The van der Waals surface area contributed by atoms with Crippen molar-refractivity contribution in [2.45, 2.75) is 13.0 Å². The summed E-state index contributed by atoms with van der Waals surface area (Å²) in [6.45, 7) is 4.49. The van der Waals surface area contributed by atoms with E-state index in [4.69, 9.17) is 0 Å². The number of hydrogen-bond donors (Lipinski definition) is 1. The van der Waals surface area contributed by atoms with E-state index in [0.29, 0.717) is 6.04 Å². The van der Waals surface area contributed by atoms with Crippen molar-refractivity contribution in [3.8, 4) is 0 Å². The second kappa shape index (κ2) is 7.24. The van der Waals surface area contributed by atoms with Crippen LogP contribution in [0.25, 0.3) is 0 Å². The van der Waals surface area contributed by atoms with E-state index in [1.54, 1.807) is 6.07 Å². The first kappa shape index (κ1) is 17.2. The molecule has 1 aliphatic heterocycles. The van der Waals surface area contributed by atoms with E-state index >= 15 is 0 Å². The predicted octanol–water partition coefficient (Wildman–Crippen LogP) is 1.60. The number of carbonyl (C=O) groups is 1. The van der Waals surface area contributed by atoms with Gasteiger partial charge in [-0.2, -0.15) is 0 Å². The van der Waals surface area contributed by atoms with E-state index in [1.165, 1.54) is 19.2 Å². The second-order valence-corrected chi connectivity index (χ2v) is 4.75. The summed E-state index contributed by atoms with van der Waals surface area (Å²) in [5, 5.41) is 14.3. The average Bonchev–Trinajstić information content (AvgIpc) is 2.45. The molecule has 21 heavy (non-hydrogen) atoms. The Morgan fingerprint density at radius 2 is 2.24 bits per heavy atom. The number of anilines is 1. The first-order valence-corrected chi connectivity index (χ1v) is 6.38. The van der Waals surface area contributed by atoms with E-state index < -0.39 is 10.9 Å². The molecule has 116 valence electrons. The van der Waals surface area contributed by atoms with Gasteiger partial charge in [0.2, 0.25) is 0 Å². The summed E-state index contributed by atoms with van der Waals surface area (Å²) in [6, 6.07) is 4.89. The number of carbonyl (C=O) groups excluding carboxylic acids is 1. The first-order chi connectivity index (χ1) is 9.52. The quantitative estimate of drug-likeness (QED) is 0.518. The monoisotopic (exact) mass is 315 g/mol. The van der Waals surface area contributed by atoms with Crippen LogP contribution in [0.4, 0.5) is 11.4 Å². The molecule has 0 saturated carbocycles. The smallest absolute Gasteiger partial charge is 0.344 e. The SMILES string of the molecule is COC(=O)c1cc(N2CCNC(C)C2)ccc1[N+](=O)[O-].Cl. The van der Waals surface area contributed by atoms with E-state index in [-0.39, 0.29) is 23.7 Å². The zero-order valence-electron chi connectivity index (χ0n) is 11.9. The van der Waals surface area contributed by atoms with Crippen molar-refractivity contribution in [2.24, 2.45) is 0 Å². The van der Waals surface area contributed by atoms with Gasteiger partial charge in [0.05, 0.1) is 12.0 Å². The fourth-order valence-electron chi connectivity index (χ4n) is 2.32. The lowest BCUT2D eigenvalue weighted by atomic mass is 10.1. The third-order valence-electron chi connectivity index (χ3n) is 3.32. The maximum atomic E-state index is 11.7. The summed E-state index contributed by atoms with van der Waals surface area (Å²) < 4.78 is 4.62. The van der Waals surface area contributed by atoms with Gasteiger partial charge in [-0.1, -0.05) is 0 Å². The molecule has 0 aromatic heterocycles. The van der Waals surface area contributed by atoms with Gasteiger partial charge in [0, 0.05) is 37.4 Å². The molecule has 1 fully saturated rings. The minimum atomic E-state index is -0.693. The van der Waals surface area contributed by atoms with Gasteiger partial charge in [-0.15, -0.1) is 12.4 Å². The highest BCUT2D eigenvalue weighted by Gasteiger charge is 2.24. The summed E-state index contributed by atoms with van der Waals surface area (Å²) in [6.07, 6.45) is 0. The van der Waals surface area contributed by atoms with Crippen LogP contribution >= 0.6 is 12.4 Å². The van der Waals surface area contributed by atoms with Crippen LogP contribution in [0.5, 0.6) is 0 Å². The minimum absolute atomic E-state index is 0. The summed E-state index contributed by atoms with van der Waals surface area (Å²) in [4.78, 5) is 24.2. The number of nitrogens with zero attached hydrogens (tertiary/aromatic N) is 2. The summed E-state index contributed by atoms with van der Waals surface area (Å²) >= 11 is 0. The number of nitro benzene ring substituents is 1. The zero-order valence-corrected chi connectivity index (χ0v) is 12.7. The molecule has 0 radical (unpaired) electrons. The summed E-state index contributed by atoms with van der Waals surface area (Å²) in [7, 11) is 1.21. The number of benzene rings is 1. The highest BCUT2D eigenvalue weighted by molar-refractivity contribution is 5.95. The van der Waals surface area contributed by atoms with Gasteiger partial charge in [-0.05, 0) is 19.1 Å². The molecular weight excluding hydrogens is 298 g/mol. The van der Waals surface area contributed by atoms with Crippen LogP contribution in [0.15, 0.2) is 18.2 Å². The third-order valence-corrected chi connectivity index (χ3v) is 3.32. The van der Waals surface area contributed by atoms with Gasteiger partial charge in [-0.3, -0.25) is 10.1 Å². The van der Waals surface area contributed by atoms with Gasteiger partial charge in [-0.25, -0.2) is 4.79 Å². The number of methoxy groups -OCH3 is 1. The zero-order chi connectivity index (χ0) is 14.7. The molecule has 1 aromatic carbocycles. The summed E-state index contributed by atoms with van der Waals surface area (Å²) in [5.74, 6) is -0.693. The van der Waals surface area contributed by atoms with Crippen LogP contribution in [0, 0.1) is 10.1 Å². The number of esters is 1. The van der Waals surface area contributed by atoms with Crippen molar-refractivity contribution in [1.82, 2.24) is 5.32 Å². The Kier molecular flexibility index (Phi) is 5.92. The Bertz CT molecular complexity index is 538. The van der Waals surface area contributed by atoms with Crippen molar-refractivity contribution < 1.29 is 14.5 Å². The predicted molar refractivity (Wildman–Crippen MR) is 81.4 cm³/mol. The van der Waals surface area contributed by atoms with Crippen LogP contribution in [0.1, 0.15) is 17.3 Å². The number of halogens is 1. The number of piperazine rings is 1. The molecule has 1 saturated heterocycles. The summed E-state index contributed by atoms with van der Waals surface area (Å²) in [5.41, 5.74) is 0.550. The fraction of sp³-hybridized carbons (Fsp3) is 0.462. The Hall–Kier alpha value is -1.86. The molecule has 1 unspecified atom stereocenters. The molecule has 0 spiro atoms. The van der Waals surface area contributed by atoms with Gasteiger partial charge in [0.25, 0.3) is 5.69 Å². The largest absolute Gasteiger partial charge is 0.465 e. The number of ether oxygens (including phenoxy) is 1. The van der Waals surface area contributed by atoms with Crippen molar-refractivity contribution in [2.75, 3.05) is 31.6 Å². The molecule has 2 rings (SSSR count). The van der Waals surface area contributed by atoms with Crippen molar-refractivity contribution in [1.29, 1.82) is 0 Å². The Balaban J connectivity index is 0.00000220. The molecule has 0 amide bonds. The molecular formula is C13H18ClN3O4. The number of rotatable bonds is 3. The Labute approximate surface area is 128 Å². The molecule has 1 N–H and O–H groups in total. The van der Waals surface area contributed by atoms with E-state index in [1.807, 2.05) is 0 Å². The van der Waals surface area contributed by atoms with E-state index in [2.05, 4.69) is 21.9 Å². The van der Waals surface area contributed by atoms with Crippen molar-refractivity contribution in [3.63, 3.8) is 0 Å². The lowest BCUT2D eigenvalue weighted by Gasteiger charge is -2.33. The average molecular weight is 316 g/mol. The number of hydrogen-bond acceptors (Lipinski definition) is 6. The van der Waals surface area contributed by atoms with Gasteiger partial charge >= 0.3 is 5.97 Å². The molecule has 0 bridgehead atoms.